The van der Waals surface area contributed by atoms with Gasteiger partial charge in [0.1, 0.15) is 0 Å². The fourth-order valence-corrected chi connectivity index (χ4v) is 1.89. The Hall–Kier alpha value is -1.03. The summed E-state index contributed by atoms with van der Waals surface area (Å²) in [4.78, 5) is 11.4. The van der Waals surface area contributed by atoms with E-state index in [9.17, 15) is 18.0 Å². The van der Waals surface area contributed by atoms with Crippen LogP contribution in [0.15, 0.2) is 12.1 Å². The quantitative estimate of drug-likeness (QED) is 0.600. The maximum atomic E-state index is 13.7. The van der Waals surface area contributed by atoms with Crippen molar-refractivity contribution in [3.63, 3.8) is 0 Å². The molecule has 1 nitrogen and oxygen atoms in total. The normalized spacial score (nSPS) is 14.8. The molecule has 5 heteroatoms. The largest absolute Gasteiger partial charge is 0.280 e. The molecule has 0 fully saturated rings. The van der Waals surface area contributed by atoms with E-state index in [1.807, 2.05) is 0 Å². The highest BCUT2D eigenvalue weighted by atomic mass is 35.5. The molecule has 1 unspecified atom stereocenters. The summed E-state index contributed by atoms with van der Waals surface area (Å²) in [5.41, 5.74) is -1.62. The van der Waals surface area contributed by atoms with Crippen molar-refractivity contribution < 1.29 is 18.0 Å². The molecular weight excluding hydrogens is 253 g/mol. The number of hydrogen-bond donors (Lipinski definition) is 0. The van der Waals surface area contributed by atoms with Gasteiger partial charge in [0.25, 0.3) is 0 Å². The van der Waals surface area contributed by atoms with E-state index >= 15 is 0 Å². The van der Waals surface area contributed by atoms with Crippen LogP contribution in [0.25, 0.3) is 0 Å². The van der Waals surface area contributed by atoms with E-state index in [0.29, 0.717) is 0 Å². The van der Waals surface area contributed by atoms with Crippen molar-refractivity contribution in [2.75, 3.05) is 0 Å². The zero-order valence-corrected chi connectivity index (χ0v) is 10.4. The van der Waals surface area contributed by atoms with Gasteiger partial charge in [0, 0.05) is 5.56 Å². The lowest BCUT2D eigenvalue weighted by Crippen LogP contribution is -2.36. The zero-order chi connectivity index (χ0) is 13.4. The van der Waals surface area contributed by atoms with Crippen LogP contribution < -0.4 is 0 Å². The predicted molar refractivity (Wildman–Crippen MR) is 59.4 cm³/mol. The maximum absolute atomic E-state index is 13.7. The topological polar surface area (TPSA) is 17.1 Å². The molecule has 1 aromatic carbocycles. The minimum Gasteiger partial charge on any atom is -0.280 e. The van der Waals surface area contributed by atoms with Gasteiger partial charge in [-0.15, -0.1) is 0 Å². The van der Waals surface area contributed by atoms with Gasteiger partial charge in [-0.05, 0) is 30.5 Å². The molecule has 1 rings (SSSR count). The average Bonchev–Trinajstić information content (AvgIpc) is 2.24. The Morgan fingerprint density at radius 3 is 2.18 bits per heavy atom. The number of carbonyl (C=O) groups is 1. The Labute approximate surface area is 103 Å². The van der Waals surface area contributed by atoms with Crippen LogP contribution in [0.5, 0.6) is 0 Å². The molecular formula is C12H12ClF3O. The van der Waals surface area contributed by atoms with Crippen molar-refractivity contribution >= 4 is 16.8 Å². The second kappa shape index (κ2) is 4.69. The van der Waals surface area contributed by atoms with Gasteiger partial charge in [0.15, 0.2) is 17.5 Å². The first-order valence-corrected chi connectivity index (χ1v) is 5.44. The second-order valence-electron chi connectivity index (χ2n) is 4.35. The van der Waals surface area contributed by atoms with Gasteiger partial charge < -0.3 is 0 Å². The van der Waals surface area contributed by atoms with E-state index in [2.05, 4.69) is 0 Å². The van der Waals surface area contributed by atoms with Gasteiger partial charge >= 0.3 is 0 Å². The Morgan fingerprint density at radius 1 is 1.24 bits per heavy atom. The van der Waals surface area contributed by atoms with Gasteiger partial charge in [-0.1, -0.05) is 19.9 Å². The van der Waals surface area contributed by atoms with Crippen LogP contribution in [-0.4, -0.2) is 5.24 Å². The van der Waals surface area contributed by atoms with E-state index in [-0.39, 0.29) is 11.5 Å². The molecule has 0 aliphatic carbocycles. The van der Waals surface area contributed by atoms with Gasteiger partial charge in [0.05, 0.1) is 5.41 Å². The smallest absolute Gasteiger partial charge is 0.232 e. The van der Waals surface area contributed by atoms with Crippen molar-refractivity contribution in [1.29, 1.82) is 0 Å². The maximum Gasteiger partial charge on any atom is 0.232 e. The van der Waals surface area contributed by atoms with Crippen molar-refractivity contribution in [2.24, 2.45) is 5.92 Å². The molecule has 0 saturated carbocycles. The molecule has 1 atom stereocenters. The molecule has 0 radical (unpaired) electrons. The van der Waals surface area contributed by atoms with Crippen LogP contribution >= 0.6 is 11.6 Å². The third-order valence-corrected chi connectivity index (χ3v) is 3.55. The van der Waals surface area contributed by atoms with E-state index in [0.717, 1.165) is 12.1 Å². The van der Waals surface area contributed by atoms with Crippen molar-refractivity contribution in [3.05, 3.63) is 35.1 Å². The van der Waals surface area contributed by atoms with Crippen LogP contribution in [0.4, 0.5) is 13.2 Å². The molecule has 0 amide bonds. The van der Waals surface area contributed by atoms with Gasteiger partial charge in [-0.3, -0.25) is 4.79 Å². The highest BCUT2D eigenvalue weighted by Crippen LogP contribution is 2.36. The first kappa shape index (κ1) is 14.0. The predicted octanol–water partition coefficient (Wildman–Crippen LogP) is 3.78. The standard InChI is InChI=1S/C12H12ClF3O/c1-6(2)12(3,11(13)17)7-4-5-8(14)10(16)9(7)15/h4-6H,1-3H3. The van der Waals surface area contributed by atoms with Crippen LogP contribution in [0.2, 0.25) is 0 Å². The number of benzene rings is 1. The first-order valence-electron chi connectivity index (χ1n) is 5.06. The SMILES string of the molecule is CC(C)C(C)(C(=O)Cl)c1ccc(F)c(F)c1F. The Bertz CT molecular complexity index is 459. The summed E-state index contributed by atoms with van der Waals surface area (Å²) in [6, 6.07) is 1.84. The highest BCUT2D eigenvalue weighted by molar-refractivity contribution is 6.65. The minimum absolute atomic E-state index is 0.230. The summed E-state index contributed by atoms with van der Waals surface area (Å²) in [6.07, 6.45) is 0. The van der Waals surface area contributed by atoms with Crippen molar-refractivity contribution in [1.82, 2.24) is 0 Å². The number of hydrogen-bond acceptors (Lipinski definition) is 1. The highest BCUT2D eigenvalue weighted by Gasteiger charge is 2.40. The minimum atomic E-state index is -1.59. The summed E-state index contributed by atoms with van der Waals surface area (Å²) in [7, 11) is 0. The Morgan fingerprint density at radius 2 is 1.76 bits per heavy atom. The molecule has 94 valence electrons. The molecule has 0 heterocycles. The lowest BCUT2D eigenvalue weighted by atomic mass is 9.74. The van der Waals surface area contributed by atoms with E-state index < -0.39 is 28.1 Å². The molecule has 0 aliphatic rings. The number of halogens is 4. The van der Waals surface area contributed by atoms with Crippen molar-refractivity contribution in [3.8, 4) is 0 Å². The molecule has 0 aromatic heterocycles. The summed E-state index contributed by atoms with van der Waals surface area (Å²) in [6.45, 7) is 4.71. The molecule has 0 spiro atoms. The fraction of sp³-hybridized carbons (Fsp3) is 0.417. The van der Waals surface area contributed by atoms with Gasteiger partial charge in [-0.25, -0.2) is 13.2 Å². The molecule has 17 heavy (non-hydrogen) atoms. The molecule has 0 N–H and O–H groups in total. The van der Waals surface area contributed by atoms with Crippen LogP contribution in [-0.2, 0) is 10.2 Å². The monoisotopic (exact) mass is 264 g/mol. The lowest BCUT2D eigenvalue weighted by molar-refractivity contribution is -0.117. The van der Waals surface area contributed by atoms with Crippen LogP contribution in [0.3, 0.4) is 0 Å². The third kappa shape index (κ3) is 2.18. The average molecular weight is 265 g/mol. The first-order chi connectivity index (χ1) is 7.72. The zero-order valence-electron chi connectivity index (χ0n) is 9.65. The van der Waals surface area contributed by atoms with Gasteiger partial charge in [-0.2, -0.15) is 0 Å². The molecule has 0 bridgehead atoms. The van der Waals surface area contributed by atoms with Crippen LogP contribution in [0.1, 0.15) is 26.3 Å². The number of rotatable bonds is 3. The summed E-state index contributed by atoms with van der Waals surface area (Å²) in [5.74, 6) is -4.60. The molecule has 1 aromatic rings. The third-order valence-electron chi connectivity index (χ3n) is 3.16. The summed E-state index contributed by atoms with van der Waals surface area (Å²) < 4.78 is 39.6. The molecule has 0 aliphatic heterocycles. The second-order valence-corrected chi connectivity index (χ2v) is 4.70. The Kier molecular flexibility index (Phi) is 3.87. The number of carbonyl (C=O) groups excluding carboxylic acids is 1. The lowest BCUT2D eigenvalue weighted by Gasteiger charge is -2.30. The summed E-state index contributed by atoms with van der Waals surface area (Å²) >= 11 is 5.46. The molecule has 0 saturated heterocycles. The van der Waals surface area contributed by atoms with E-state index in [1.165, 1.54) is 6.92 Å². The van der Waals surface area contributed by atoms with Crippen LogP contribution in [0, 0.1) is 23.4 Å². The summed E-state index contributed by atoms with van der Waals surface area (Å²) in [5, 5.41) is -0.808. The van der Waals surface area contributed by atoms with Crippen molar-refractivity contribution in [2.45, 2.75) is 26.2 Å². The van der Waals surface area contributed by atoms with E-state index in [1.54, 1.807) is 13.8 Å². The Balaban J connectivity index is 3.51. The van der Waals surface area contributed by atoms with Gasteiger partial charge in [0.2, 0.25) is 5.24 Å². The van der Waals surface area contributed by atoms with E-state index in [4.69, 9.17) is 11.6 Å². The fourth-order valence-electron chi connectivity index (χ4n) is 1.57.